The smallest absolute Gasteiger partial charge is 0.271 e. The van der Waals surface area contributed by atoms with Gasteiger partial charge in [0.25, 0.3) is 5.91 Å². The molecule has 2 aromatic heterocycles. The van der Waals surface area contributed by atoms with Crippen molar-refractivity contribution in [2.75, 3.05) is 20.3 Å². The molecule has 5 heteroatoms. The van der Waals surface area contributed by atoms with E-state index in [0.29, 0.717) is 18.8 Å². The number of methoxy groups -OCH3 is 1. The van der Waals surface area contributed by atoms with E-state index >= 15 is 0 Å². The molecular formula is C12H15N3O2. The molecule has 0 aliphatic carbocycles. The molecule has 0 fully saturated rings. The molecule has 0 aliphatic rings. The number of ether oxygens (including phenoxy) is 1. The van der Waals surface area contributed by atoms with Crippen molar-refractivity contribution in [3.8, 4) is 0 Å². The molecule has 2 aromatic rings. The van der Waals surface area contributed by atoms with Gasteiger partial charge in [-0.3, -0.25) is 4.79 Å². The van der Waals surface area contributed by atoms with Crippen LogP contribution in [-0.2, 0) is 4.74 Å². The predicted octanol–water partition coefficient (Wildman–Crippen LogP) is 1.02. The molecule has 0 saturated carbocycles. The van der Waals surface area contributed by atoms with Crippen LogP contribution in [0, 0.1) is 6.92 Å². The van der Waals surface area contributed by atoms with Crippen molar-refractivity contribution in [1.29, 1.82) is 0 Å². The molecule has 0 atom stereocenters. The van der Waals surface area contributed by atoms with Gasteiger partial charge in [-0.2, -0.15) is 0 Å². The summed E-state index contributed by atoms with van der Waals surface area (Å²) >= 11 is 0. The van der Waals surface area contributed by atoms with Crippen molar-refractivity contribution in [3.05, 3.63) is 35.8 Å². The maximum absolute atomic E-state index is 11.8. The summed E-state index contributed by atoms with van der Waals surface area (Å²) in [6.45, 7) is 2.96. The molecule has 1 N–H and O–H groups in total. The van der Waals surface area contributed by atoms with Gasteiger partial charge in [-0.15, -0.1) is 0 Å². The van der Waals surface area contributed by atoms with Crippen molar-refractivity contribution in [1.82, 2.24) is 14.7 Å². The minimum absolute atomic E-state index is 0.176. The van der Waals surface area contributed by atoms with E-state index in [2.05, 4.69) is 10.3 Å². The SMILES string of the molecule is COCCNC(=O)c1cn2c(C)cccc2n1. The second kappa shape index (κ2) is 4.97. The zero-order valence-electron chi connectivity index (χ0n) is 9.93. The highest BCUT2D eigenvalue weighted by molar-refractivity contribution is 5.92. The molecule has 0 aliphatic heterocycles. The van der Waals surface area contributed by atoms with Gasteiger partial charge in [-0.25, -0.2) is 4.98 Å². The second-order valence-corrected chi connectivity index (χ2v) is 3.77. The minimum Gasteiger partial charge on any atom is -0.383 e. The van der Waals surface area contributed by atoms with Gasteiger partial charge < -0.3 is 14.5 Å². The van der Waals surface area contributed by atoms with Crippen molar-refractivity contribution >= 4 is 11.6 Å². The normalized spacial score (nSPS) is 10.7. The Morgan fingerprint density at radius 1 is 1.53 bits per heavy atom. The van der Waals surface area contributed by atoms with Crippen LogP contribution >= 0.6 is 0 Å². The Kier molecular flexibility index (Phi) is 3.39. The highest BCUT2D eigenvalue weighted by Gasteiger charge is 2.10. The molecule has 0 spiro atoms. The fraction of sp³-hybridized carbons (Fsp3) is 0.333. The van der Waals surface area contributed by atoms with E-state index in [-0.39, 0.29) is 5.91 Å². The molecule has 0 saturated heterocycles. The Morgan fingerprint density at radius 3 is 3.06 bits per heavy atom. The van der Waals surface area contributed by atoms with E-state index < -0.39 is 0 Å². The van der Waals surface area contributed by atoms with Crippen LogP contribution in [0.3, 0.4) is 0 Å². The van der Waals surface area contributed by atoms with Gasteiger partial charge in [-0.05, 0) is 19.1 Å². The number of fused-ring (bicyclic) bond motifs is 1. The van der Waals surface area contributed by atoms with E-state index in [1.54, 1.807) is 13.3 Å². The number of hydrogen-bond acceptors (Lipinski definition) is 3. The fourth-order valence-electron chi connectivity index (χ4n) is 1.61. The monoisotopic (exact) mass is 233 g/mol. The van der Waals surface area contributed by atoms with Crippen molar-refractivity contribution in [2.45, 2.75) is 6.92 Å². The Hall–Kier alpha value is -1.88. The molecule has 2 heterocycles. The summed E-state index contributed by atoms with van der Waals surface area (Å²) in [6.07, 6.45) is 1.74. The second-order valence-electron chi connectivity index (χ2n) is 3.77. The van der Waals surface area contributed by atoms with E-state index in [1.165, 1.54) is 0 Å². The third kappa shape index (κ3) is 2.45. The Balaban J connectivity index is 2.19. The zero-order valence-corrected chi connectivity index (χ0v) is 9.93. The fourth-order valence-corrected chi connectivity index (χ4v) is 1.61. The minimum atomic E-state index is -0.176. The number of carbonyl (C=O) groups excluding carboxylic acids is 1. The number of pyridine rings is 1. The Morgan fingerprint density at radius 2 is 2.35 bits per heavy atom. The van der Waals surface area contributed by atoms with Gasteiger partial charge in [0.1, 0.15) is 11.3 Å². The van der Waals surface area contributed by atoms with Gasteiger partial charge in [0, 0.05) is 25.5 Å². The number of aromatic nitrogens is 2. The lowest BCUT2D eigenvalue weighted by Gasteiger charge is -2.00. The van der Waals surface area contributed by atoms with E-state index in [1.807, 2.05) is 29.5 Å². The first kappa shape index (κ1) is 11.6. The van der Waals surface area contributed by atoms with E-state index in [4.69, 9.17) is 4.74 Å². The van der Waals surface area contributed by atoms with E-state index in [9.17, 15) is 4.79 Å². The highest BCUT2D eigenvalue weighted by Crippen LogP contribution is 2.08. The number of hydrogen-bond donors (Lipinski definition) is 1. The Bertz CT molecular complexity index is 534. The molecule has 0 radical (unpaired) electrons. The maximum Gasteiger partial charge on any atom is 0.271 e. The molecule has 5 nitrogen and oxygen atoms in total. The highest BCUT2D eigenvalue weighted by atomic mass is 16.5. The molecule has 0 aromatic carbocycles. The summed E-state index contributed by atoms with van der Waals surface area (Å²) in [7, 11) is 1.60. The third-order valence-corrected chi connectivity index (χ3v) is 2.52. The van der Waals surface area contributed by atoms with Crippen LogP contribution in [0.1, 0.15) is 16.2 Å². The van der Waals surface area contributed by atoms with Crippen LogP contribution in [0.15, 0.2) is 24.4 Å². The topological polar surface area (TPSA) is 55.6 Å². The van der Waals surface area contributed by atoms with Crippen LogP contribution in [-0.4, -0.2) is 35.6 Å². The largest absolute Gasteiger partial charge is 0.383 e. The first-order valence-corrected chi connectivity index (χ1v) is 5.44. The quantitative estimate of drug-likeness (QED) is 0.802. The molecule has 90 valence electrons. The lowest BCUT2D eigenvalue weighted by Crippen LogP contribution is -2.27. The van der Waals surface area contributed by atoms with Gasteiger partial charge >= 0.3 is 0 Å². The number of nitrogens with zero attached hydrogens (tertiary/aromatic N) is 2. The van der Waals surface area contributed by atoms with Crippen molar-refractivity contribution < 1.29 is 9.53 Å². The van der Waals surface area contributed by atoms with Crippen LogP contribution in [0.4, 0.5) is 0 Å². The average Bonchev–Trinajstić information content (AvgIpc) is 2.75. The van der Waals surface area contributed by atoms with Crippen LogP contribution < -0.4 is 5.32 Å². The van der Waals surface area contributed by atoms with Gasteiger partial charge in [0.05, 0.1) is 6.61 Å². The van der Waals surface area contributed by atoms with E-state index in [0.717, 1.165) is 11.3 Å². The number of aryl methyl sites for hydroxylation is 1. The lowest BCUT2D eigenvalue weighted by atomic mass is 10.4. The van der Waals surface area contributed by atoms with Crippen molar-refractivity contribution in [2.24, 2.45) is 0 Å². The number of carbonyl (C=O) groups is 1. The molecule has 0 bridgehead atoms. The number of amides is 1. The van der Waals surface area contributed by atoms with Crippen LogP contribution in [0.25, 0.3) is 5.65 Å². The third-order valence-electron chi connectivity index (χ3n) is 2.52. The summed E-state index contributed by atoms with van der Waals surface area (Å²) in [5.41, 5.74) is 2.25. The van der Waals surface area contributed by atoms with Gasteiger partial charge in [0.2, 0.25) is 0 Å². The first-order chi connectivity index (χ1) is 8.22. The summed E-state index contributed by atoms with van der Waals surface area (Å²) in [5.74, 6) is -0.176. The summed E-state index contributed by atoms with van der Waals surface area (Å²) in [6, 6.07) is 5.77. The standard InChI is InChI=1S/C12H15N3O2/c1-9-4-3-5-11-14-10(8-15(9)11)12(16)13-6-7-17-2/h3-5,8H,6-7H2,1-2H3,(H,13,16). The summed E-state index contributed by atoms with van der Waals surface area (Å²) in [5, 5.41) is 2.74. The summed E-state index contributed by atoms with van der Waals surface area (Å²) < 4.78 is 6.76. The average molecular weight is 233 g/mol. The predicted molar refractivity (Wildman–Crippen MR) is 64.1 cm³/mol. The number of nitrogens with one attached hydrogen (secondary N) is 1. The molecule has 17 heavy (non-hydrogen) atoms. The van der Waals surface area contributed by atoms with Gasteiger partial charge in [-0.1, -0.05) is 6.07 Å². The van der Waals surface area contributed by atoms with Crippen molar-refractivity contribution in [3.63, 3.8) is 0 Å². The number of rotatable bonds is 4. The van der Waals surface area contributed by atoms with Crippen LogP contribution in [0.5, 0.6) is 0 Å². The van der Waals surface area contributed by atoms with Crippen LogP contribution in [0.2, 0.25) is 0 Å². The molecule has 2 rings (SSSR count). The zero-order chi connectivity index (χ0) is 12.3. The molecular weight excluding hydrogens is 218 g/mol. The first-order valence-electron chi connectivity index (χ1n) is 5.44. The lowest BCUT2D eigenvalue weighted by molar-refractivity contribution is 0.0932. The maximum atomic E-state index is 11.8. The summed E-state index contributed by atoms with van der Waals surface area (Å²) in [4.78, 5) is 16.0. The molecule has 0 unspecified atom stereocenters. The molecule has 1 amide bonds. The van der Waals surface area contributed by atoms with Gasteiger partial charge in [0.15, 0.2) is 0 Å². The number of imidazole rings is 1. The Labute approximate surface area is 99.4 Å².